The Morgan fingerprint density at radius 1 is 1.24 bits per heavy atom. The number of likely N-dealkylation sites (tertiary alicyclic amines) is 1. The van der Waals surface area contributed by atoms with Gasteiger partial charge in [0, 0.05) is 30.9 Å². The van der Waals surface area contributed by atoms with Gasteiger partial charge in [-0.3, -0.25) is 14.6 Å². The first kappa shape index (κ1) is 17.0. The second-order valence-electron chi connectivity index (χ2n) is 6.13. The molecule has 6 heteroatoms. The molecule has 2 heterocycles. The van der Waals surface area contributed by atoms with Crippen molar-refractivity contribution in [1.82, 2.24) is 9.88 Å². The Morgan fingerprint density at radius 2 is 2.08 bits per heavy atom. The van der Waals surface area contributed by atoms with Crippen molar-refractivity contribution in [1.29, 1.82) is 0 Å². The molecule has 1 aromatic carbocycles. The molecular weight excluding hydrogens is 320 g/mol. The quantitative estimate of drug-likeness (QED) is 0.900. The van der Waals surface area contributed by atoms with Crippen LogP contribution in [0.25, 0.3) is 0 Å². The summed E-state index contributed by atoms with van der Waals surface area (Å²) in [6, 6.07) is 12.8. The summed E-state index contributed by atoms with van der Waals surface area (Å²) in [7, 11) is 1.58. The summed E-state index contributed by atoms with van der Waals surface area (Å²) in [6.07, 6.45) is 1.87. The number of ether oxygens (including phenoxy) is 1. The molecule has 25 heavy (non-hydrogen) atoms. The van der Waals surface area contributed by atoms with E-state index in [1.807, 2.05) is 36.4 Å². The Kier molecular flexibility index (Phi) is 4.97. The second kappa shape index (κ2) is 7.34. The second-order valence-corrected chi connectivity index (χ2v) is 6.13. The van der Waals surface area contributed by atoms with Gasteiger partial charge in [-0.15, -0.1) is 0 Å². The summed E-state index contributed by atoms with van der Waals surface area (Å²) < 4.78 is 5.17. The van der Waals surface area contributed by atoms with Gasteiger partial charge in [0.15, 0.2) is 0 Å². The summed E-state index contributed by atoms with van der Waals surface area (Å²) in [4.78, 5) is 30.1. The lowest BCUT2D eigenvalue weighted by atomic mass is 9.93. The van der Waals surface area contributed by atoms with Crippen LogP contribution in [0.1, 0.15) is 17.2 Å². The SMILES string of the molecule is COc1cccc(CC(=O)N2C[C@H](C(=O)O)[C@@H](c3ccccn3)C2)c1. The zero-order valence-corrected chi connectivity index (χ0v) is 14.0. The third kappa shape index (κ3) is 3.79. The minimum absolute atomic E-state index is 0.0852. The van der Waals surface area contributed by atoms with Gasteiger partial charge in [0.05, 0.1) is 19.4 Å². The van der Waals surface area contributed by atoms with Gasteiger partial charge in [-0.25, -0.2) is 0 Å². The molecule has 3 rings (SSSR count). The molecule has 0 aliphatic carbocycles. The number of nitrogens with zero attached hydrogens (tertiary/aromatic N) is 2. The van der Waals surface area contributed by atoms with Crippen LogP contribution in [0, 0.1) is 5.92 Å². The topological polar surface area (TPSA) is 79.7 Å². The molecule has 1 N–H and O–H groups in total. The number of hydrogen-bond donors (Lipinski definition) is 1. The molecule has 130 valence electrons. The van der Waals surface area contributed by atoms with E-state index in [9.17, 15) is 14.7 Å². The predicted molar refractivity (Wildman–Crippen MR) is 91.4 cm³/mol. The predicted octanol–water partition coefficient (Wildman–Crippen LogP) is 1.96. The number of hydrogen-bond acceptors (Lipinski definition) is 4. The van der Waals surface area contributed by atoms with Crippen molar-refractivity contribution in [2.24, 2.45) is 5.92 Å². The fourth-order valence-corrected chi connectivity index (χ4v) is 3.22. The number of rotatable bonds is 5. The fourth-order valence-electron chi connectivity index (χ4n) is 3.22. The van der Waals surface area contributed by atoms with Crippen molar-refractivity contribution >= 4 is 11.9 Å². The van der Waals surface area contributed by atoms with E-state index < -0.39 is 11.9 Å². The van der Waals surface area contributed by atoms with Gasteiger partial charge in [-0.1, -0.05) is 18.2 Å². The van der Waals surface area contributed by atoms with Crippen LogP contribution < -0.4 is 4.74 Å². The number of aliphatic carboxylic acids is 1. The van der Waals surface area contributed by atoms with Crippen molar-refractivity contribution < 1.29 is 19.4 Å². The van der Waals surface area contributed by atoms with Crippen LogP contribution in [0.3, 0.4) is 0 Å². The summed E-state index contributed by atoms with van der Waals surface area (Å²) >= 11 is 0. The van der Waals surface area contributed by atoms with Gasteiger partial charge in [0.1, 0.15) is 5.75 Å². The Labute approximate surface area is 146 Å². The highest BCUT2D eigenvalue weighted by Gasteiger charge is 2.40. The number of benzene rings is 1. The summed E-state index contributed by atoms with van der Waals surface area (Å²) in [6.45, 7) is 0.580. The van der Waals surface area contributed by atoms with Gasteiger partial charge in [-0.05, 0) is 29.8 Å². The highest BCUT2D eigenvalue weighted by molar-refractivity contribution is 5.81. The fraction of sp³-hybridized carbons (Fsp3) is 0.316. The molecule has 2 atom stereocenters. The maximum Gasteiger partial charge on any atom is 0.309 e. The normalized spacial score (nSPS) is 19.6. The molecule has 1 amide bonds. The van der Waals surface area contributed by atoms with E-state index in [1.54, 1.807) is 24.3 Å². The molecule has 0 unspecified atom stereocenters. The van der Waals surface area contributed by atoms with Crippen LogP contribution in [0.4, 0.5) is 0 Å². The van der Waals surface area contributed by atoms with Crippen LogP contribution in [-0.4, -0.2) is 47.1 Å². The lowest BCUT2D eigenvalue weighted by molar-refractivity contribution is -0.141. The Hall–Kier alpha value is -2.89. The van der Waals surface area contributed by atoms with E-state index in [4.69, 9.17) is 4.74 Å². The maximum absolute atomic E-state index is 12.6. The third-order valence-corrected chi connectivity index (χ3v) is 4.55. The van der Waals surface area contributed by atoms with Crippen LogP contribution in [0.2, 0.25) is 0 Å². The molecule has 1 fully saturated rings. The van der Waals surface area contributed by atoms with E-state index in [0.29, 0.717) is 18.0 Å². The standard InChI is InChI=1S/C19H20N2O4/c1-25-14-6-4-5-13(9-14)10-18(22)21-11-15(16(12-21)19(23)24)17-7-2-3-8-20-17/h2-9,15-16H,10-12H2,1H3,(H,23,24)/t15-,16-/m0/s1. The average molecular weight is 340 g/mol. The number of amides is 1. The monoisotopic (exact) mass is 340 g/mol. The molecule has 1 aromatic heterocycles. The molecule has 0 radical (unpaired) electrons. The number of carbonyl (C=O) groups excluding carboxylic acids is 1. The molecule has 1 aliphatic heterocycles. The maximum atomic E-state index is 12.6. The molecular formula is C19H20N2O4. The van der Waals surface area contributed by atoms with E-state index in [0.717, 1.165) is 5.56 Å². The Bertz CT molecular complexity index is 763. The Morgan fingerprint density at radius 3 is 2.76 bits per heavy atom. The Balaban J connectivity index is 1.74. The minimum Gasteiger partial charge on any atom is -0.497 e. The van der Waals surface area contributed by atoms with Gasteiger partial charge >= 0.3 is 5.97 Å². The number of aromatic nitrogens is 1. The number of carbonyl (C=O) groups is 2. The first-order valence-electron chi connectivity index (χ1n) is 8.13. The lowest BCUT2D eigenvalue weighted by Crippen LogP contribution is -2.31. The first-order valence-corrected chi connectivity index (χ1v) is 8.13. The first-order chi connectivity index (χ1) is 12.1. The van der Waals surface area contributed by atoms with Gasteiger partial charge in [-0.2, -0.15) is 0 Å². The number of carboxylic acids is 1. The van der Waals surface area contributed by atoms with Crippen molar-refractivity contribution in [2.45, 2.75) is 12.3 Å². The highest BCUT2D eigenvalue weighted by atomic mass is 16.5. The van der Waals surface area contributed by atoms with Crippen LogP contribution in [0.5, 0.6) is 5.75 Å². The number of methoxy groups -OCH3 is 1. The van der Waals surface area contributed by atoms with Crippen LogP contribution >= 0.6 is 0 Å². The molecule has 0 bridgehead atoms. The van der Waals surface area contributed by atoms with E-state index >= 15 is 0 Å². The van der Waals surface area contributed by atoms with Crippen LogP contribution in [0.15, 0.2) is 48.7 Å². The molecule has 6 nitrogen and oxygen atoms in total. The summed E-state index contributed by atoms with van der Waals surface area (Å²) in [5.41, 5.74) is 1.56. The van der Waals surface area contributed by atoms with Crippen molar-refractivity contribution in [2.75, 3.05) is 20.2 Å². The summed E-state index contributed by atoms with van der Waals surface area (Å²) in [5, 5.41) is 9.52. The van der Waals surface area contributed by atoms with Crippen molar-refractivity contribution in [3.63, 3.8) is 0 Å². The minimum atomic E-state index is -0.896. The lowest BCUT2D eigenvalue weighted by Gasteiger charge is -2.16. The number of carboxylic acid groups (broad SMARTS) is 1. The molecule has 1 saturated heterocycles. The number of pyridine rings is 1. The van der Waals surface area contributed by atoms with Crippen molar-refractivity contribution in [3.05, 3.63) is 59.9 Å². The van der Waals surface area contributed by atoms with Gasteiger partial charge < -0.3 is 14.7 Å². The molecule has 0 saturated carbocycles. The zero-order chi connectivity index (χ0) is 17.8. The summed E-state index contributed by atoms with van der Waals surface area (Å²) in [5.74, 6) is -1.20. The molecule has 0 spiro atoms. The van der Waals surface area contributed by atoms with Gasteiger partial charge in [0.2, 0.25) is 5.91 Å². The highest BCUT2D eigenvalue weighted by Crippen LogP contribution is 2.32. The average Bonchev–Trinajstić information content (AvgIpc) is 3.08. The van der Waals surface area contributed by atoms with Gasteiger partial charge in [0.25, 0.3) is 0 Å². The third-order valence-electron chi connectivity index (χ3n) is 4.55. The smallest absolute Gasteiger partial charge is 0.309 e. The zero-order valence-electron chi connectivity index (χ0n) is 14.0. The van der Waals surface area contributed by atoms with Crippen LogP contribution in [-0.2, 0) is 16.0 Å². The van der Waals surface area contributed by atoms with E-state index in [2.05, 4.69) is 4.98 Å². The van der Waals surface area contributed by atoms with E-state index in [1.165, 1.54) is 0 Å². The van der Waals surface area contributed by atoms with E-state index in [-0.39, 0.29) is 24.8 Å². The van der Waals surface area contributed by atoms with Crippen molar-refractivity contribution in [3.8, 4) is 5.75 Å². The largest absolute Gasteiger partial charge is 0.497 e. The molecule has 1 aliphatic rings. The molecule has 2 aromatic rings.